The number of pyridine rings is 1. The van der Waals surface area contributed by atoms with Crippen molar-refractivity contribution >= 4 is 22.5 Å². The van der Waals surface area contributed by atoms with Crippen molar-refractivity contribution in [2.45, 2.75) is 26.4 Å². The lowest BCUT2D eigenvalue weighted by Crippen LogP contribution is -2.23. The Bertz CT molecular complexity index is 651. The summed E-state index contributed by atoms with van der Waals surface area (Å²) in [4.78, 5) is 6.57. The van der Waals surface area contributed by atoms with Crippen LogP contribution in [-0.2, 0) is 0 Å². The number of nitrogens with zero attached hydrogens (tertiary/aromatic N) is 2. The molecular formula is C17H23ClN2O2. The highest BCUT2D eigenvalue weighted by molar-refractivity contribution is 6.35. The summed E-state index contributed by atoms with van der Waals surface area (Å²) in [5, 5.41) is 1.48. The molecule has 0 amide bonds. The highest BCUT2D eigenvalue weighted by Gasteiger charge is 2.17. The highest BCUT2D eigenvalue weighted by atomic mass is 35.5. The van der Waals surface area contributed by atoms with Crippen molar-refractivity contribution < 1.29 is 9.47 Å². The van der Waals surface area contributed by atoms with E-state index in [1.807, 2.05) is 59.1 Å². The number of hydrogen-bond donors (Lipinski definition) is 0. The quantitative estimate of drug-likeness (QED) is 0.833. The summed E-state index contributed by atoms with van der Waals surface area (Å²) in [6.45, 7) is 7.41. The van der Waals surface area contributed by atoms with Gasteiger partial charge in [0.2, 0.25) is 5.88 Å². The standard InChI is InChI=1S/C17H23ClN2O2/c1-17(2,3)22-14-11-15(21-10-9-20(4)5)19-16-12(14)7-6-8-13(16)18/h6-8,11H,9-10H2,1-5H3. The Kier molecular flexibility index (Phi) is 5.14. The Hall–Kier alpha value is -1.52. The molecule has 1 heterocycles. The monoisotopic (exact) mass is 322 g/mol. The topological polar surface area (TPSA) is 34.6 Å². The SMILES string of the molecule is CN(C)CCOc1cc(OC(C)(C)C)c2cccc(Cl)c2n1. The summed E-state index contributed by atoms with van der Waals surface area (Å²) in [6, 6.07) is 7.51. The van der Waals surface area contributed by atoms with Gasteiger partial charge in [-0.2, -0.15) is 0 Å². The second kappa shape index (κ2) is 6.71. The van der Waals surface area contributed by atoms with Crippen LogP contribution in [0.1, 0.15) is 20.8 Å². The molecule has 4 nitrogen and oxygen atoms in total. The molecule has 2 aromatic rings. The maximum absolute atomic E-state index is 6.27. The first-order valence-corrected chi connectivity index (χ1v) is 7.70. The van der Waals surface area contributed by atoms with Crippen molar-refractivity contribution in [1.29, 1.82) is 0 Å². The smallest absolute Gasteiger partial charge is 0.217 e. The highest BCUT2D eigenvalue weighted by Crippen LogP contribution is 2.34. The lowest BCUT2D eigenvalue weighted by atomic mass is 10.1. The van der Waals surface area contributed by atoms with Gasteiger partial charge in [-0.3, -0.25) is 0 Å². The molecule has 0 bridgehead atoms. The number of benzene rings is 1. The number of likely N-dealkylation sites (N-methyl/N-ethyl adjacent to an activating group) is 1. The first kappa shape index (κ1) is 16.8. The van der Waals surface area contributed by atoms with Gasteiger partial charge in [-0.25, -0.2) is 4.98 Å². The van der Waals surface area contributed by atoms with Gasteiger partial charge in [0.1, 0.15) is 18.0 Å². The van der Waals surface area contributed by atoms with E-state index in [1.54, 1.807) is 0 Å². The van der Waals surface area contributed by atoms with E-state index >= 15 is 0 Å². The maximum Gasteiger partial charge on any atom is 0.217 e. The van der Waals surface area contributed by atoms with Gasteiger partial charge in [0.15, 0.2) is 0 Å². The fourth-order valence-electron chi connectivity index (χ4n) is 1.98. The van der Waals surface area contributed by atoms with Gasteiger partial charge in [0.05, 0.1) is 10.5 Å². The lowest BCUT2D eigenvalue weighted by molar-refractivity contribution is 0.132. The number of ether oxygens (including phenoxy) is 2. The van der Waals surface area contributed by atoms with Gasteiger partial charge < -0.3 is 14.4 Å². The number of rotatable bonds is 5. The van der Waals surface area contributed by atoms with E-state index in [4.69, 9.17) is 21.1 Å². The molecule has 2 rings (SSSR count). The number of halogens is 1. The second-order valence-corrected chi connectivity index (χ2v) is 6.87. The molecule has 22 heavy (non-hydrogen) atoms. The summed E-state index contributed by atoms with van der Waals surface area (Å²) >= 11 is 6.27. The third-order valence-corrected chi connectivity index (χ3v) is 3.24. The minimum Gasteiger partial charge on any atom is -0.487 e. The van der Waals surface area contributed by atoms with Crippen molar-refractivity contribution in [1.82, 2.24) is 9.88 Å². The molecule has 120 valence electrons. The van der Waals surface area contributed by atoms with E-state index in [-0.39, 0.29) is 5.60 Å². The van der Waals surface area contributed by atoms with Crippen LogP contribution in [0.3, 0.4) is 0 Å². The number of para-hydroxylation sites is 1. The first-order valence-electron chi connectivity index (χ1n) is 7.32. The molecule has 5 heteroatoms. The Morgan fingerprint density at radius 2 is 1.95 bits per heavy atom. The third kappa shape index (κ3) is 4.49. The van der Waals surface area contributed by atoms with Gasteiger partial charge in [-0.15, -0.1) is 0 Å². The fraction of sp³-hybridized carbons (Fsp3) is 0.471. The van der Waals surface area contributed by atoms with Crippen LogP contribution in [0.5, 0.6) is 11.6 Å². The Morgan fingerprint density at radius 1 is 1.23 bits per heavy atom. The average molecular weight is 323 g/mol. The van der Waals surface area contributed by atoms with E-state index < -0.39 is 0 Å². The van der Waals surface area contributed by atoms with E-state index in [0.29, 0.717) is 23.0 Å². The zero-order valence-corrected chi connectivity index (χ0v) is 14.6. The van der Waals surface area contributed by atoms with Crippen LogP contribution < -0.4 is 9.47 Å². The van der Waals surface area contributed by atoms with Crippen LogP contribution in [0.15, 0.2) is 24.3 Å². The zero-order chi connectivity index (χ0) is 16.3. The van der Waals surface area contributed by atoms with E-state index in [9.17, 15) is 0 Å². The molecule has 0 fully saturated rings. The summed E-state index contributed by atoms with van der Waals surface area (Å²) in [7, 11) is 4.00. The van der Waals surface area contributed by atoms with E-state index in [1.165, 1.54) is 0 Å². The van der Waals surface area contributed by atoms with Crippen molar-refractivity contribution in [3.05, 3.63) is 29.3 Å². The number of aromatic nitrogens is 1. The maximum atomic E-state index is 6.27. The van der Waals surface area contributed by atoms with E-state index in [0.717, 1.165) is 17.7 Å². The average Bonchev–Trinajstić information content (AvgIpc) is 2.38. The van der Waals surface area contributed by atoms with Crippen LogP contribution >= 0.6 is 11.6 Å². The molecule has 0 aliphatic rings. The van der Waals surface area contributed by atoms with Crippen molar-refractivity contribution in [2.75, 3.05) is 27.2 Å². The van der Waals surface area contributed by atoms with E-state index in [2.05, 4.69) is 9.88 Å². The molecule has 1 aromatic carbocycles. The van der Waals surface area contributed by atoms with Crippen LogP contribution in [-0.4, -0.2) is 42.7 Å². The van der Waals surface area contributed by atoms with Crippen molar-refractivity contribution in [3.8, 4) is 11.6 Å². The van der Waals surface area contributed by atoms with Gasteiger partial charge in [0.25, 0.3) is 0 Å². The molecule has 0 atom stereocenters. The summed E-state index contributed by atoms with van der Waals surface area (Å²) < 4.78 is 11.8. The van der Waals surface area contributed by atoms with Crippen LogP contribution in [0.2, 0.25) is 5.02 Å². The van der Waals surface area contributed by atoms with Crippen LogP contribution in [0, 0.1) is 0 Å². The summed E-state index contributed by atoms with van der Waals surface area (Å²) in [6.07, 6.45) is 0. The molecular weight excluding hydrogens is 300 g/mol. The molecule has 0 spiro atoms. The van der Waals surface area contributed by atoms with Gasteiger partial charge in [-0.05, 0) is 47.0 Å². The largest absolute Gasteiger partial charge is 0.487 e. The Labute approximate surface area is 137 Å². The predicted octanol–water partition coefficient (Wildman–Crippen LogP) is 4.01. The van der Waals surface area contributed by atoms with Crippen LogP contribution in [0.25, 0.3) is 10.9 Å². The second-order valence-electron chi connectivity index (χ2n) is 6.46. The minimum absolute atomic E-state index is 0.308. The number of fused-ring (bicyclic) bond motifs is 1. The lowest BCUT2D eigenvalue weighted by Gasteiger charge is -2.23. The predicted molar refractivity (Wildman–Crippen MR) is 91.2 cm³/mol. The van der Waals surface area contributed by atoms with Gasteiger partial charge in [-0.1, -0.05) is 17.7 Å². The molecule has 0 unspecified atom stereocenters. The van der Waals surface area contributed by atoms with Gasteiger partial charge in [0, 0.05) is 18.0 Å². The first-order chi connectivity index (χ1) is 10.3. The normalized spacial score (nSPS) is 12.0. The summed E-state index contributed by atoms with van der Waals surface area (Å²) in [5.74, 6) is 1.27. The molecule has 1 aromatic heterocycles. The molecule has 0 aliphatic heterocycles. The molecule has 0 saturated carbocycles. The molecule has 0 N–H and O–H groups in total. The molecule has 0 aliphatic carbocycles. The fourth-order valence-corrected chi connectivity index (χ4v) is 2.20. The number of hydrogen-bond acceptors (Lipinski definition) is 4. The van der Waals surface area contributed by atoms with Crippen LogP contribution in [0.4, 0.5) is 0 Å². The van der Waals surface area contributed by atoms with Crippen molar-refractivity contribution in [2.24, 2.45) is 0 Å². The zero-order valence-electron chi connectivity index (χ0n) is 13.8. The molecule has 0 saturated heterocycles. The van der Waals surface area contributed by atoms with Gasteiger partial charge >= 0.3 is 0 Å². The van der Waals surface area contributed by atoms with Crippen molar-refractivity contribution in [3.63, 3.8) is 0 Å². The third-order valence-electron chi connectivity index (χ3n) is 2.93. The summed E-state index contributed by atoms with van der Waals surface area (Å²) in [5.41, 5.74) is 0.392. The molecule has 0 radical (unpaired) electrons. The Balaban J connectivity index is 2.39. The minimum atomic E-state index is -0.308. The Morgan fingerprint density at radius 3 is 2.59 bits per heavy atom.